The van der Waals surface area contributed by atoms with Crippen molar-refractivity contribution in [2.75, 3.05) is 7.11 Å². The van der Waals surface area contributed by atoms with E-state index < -0.39 is 30.0 Å². The molecule has 0 aliphatic heterocycles. The Bertz CT molecular complexity index is 859. The van der Waals surface area contributed by atoms with Crippen molar-refractivity contribution in [3.8, 4) is 11.5 Å². The van der Waals surface area contributed by atoms with Gasteiger partial charge in [-0.2, -0.15) is 13.2 Å². The number of halogens is 4. The Morgan fingerprint density at radius 1 is 1.18 bits per heavy atom. The number of nitroso groups, excluding NO2 is 1. The number of hydrogen-bond acceptors (Lipinski definition) is 6. The summed E-state index contributed by atoms with van der Waals surface area (Å²) in [6, 6.07) is 7.47. The SMILES string of the molecule is COC(OC(C)=O)C(N=O)c1cccc(Oc2ccc(C(F)(F)F)cc2Cl)c1. The molecule has 0 heterocycles. The summed E-state index contributed by atoms with van der Waals surface area (Å²) in [6.45, 7) is 1.15. The summed E-state index contributed by atoms with van der Waals surface area (Å²) >= 11 is 5.87. The Balaban J connectivity index is 2.27. The molecule has 0 amide bonds. The van der Waals surface area contributed by atoms with E-state index in [1.165, 1.54) is 31.4 Å². The van der Waals surface area contributed by atoms with Crippen molar-refractivity contribution >= 4 is 17.6 Å². The van der Waals surface area contributed by atoms with Gasteiger partial charge in [0.15, 0.2) is 6.04 Å². The third-order valence-corrected chi connectivity index (χ3v) is 3.87. The Hall–Kier alpha value is -2.65. The number of ether oxygens (including phenoxy) is 3. The van der Waals surface area contributed by atoms with E-state index in [-0.39, 0.29) is 16.5 Å². The zero-order valence-corrected chi connectivity index (χ0v) is 15.5. The van der Waals surface area contributed by atoms with Crippen LogP contribution >= 0.6 is 11.6 Å². The monoisotopic (exact) mass is 417 g/mol. The maximum atomic E-state index is 12.7. The molecule has 2 atom stereocenters. The van der Waals surface area contributed by atoms with Crippen LogP contribution in [0.2, 0.25) is 5.02 Å². The molecule has 10 heteroatoms. The van der Waals surface area contributed by atoms with Crippen molar-refractivity contribution in [2.45, 2.75) is 25.4 Å². The van der Waals surface area contributed by atoms with Crippen LogP contribution in [0.1, 0.15) is 24.1 Å². The highest BCUT2D eigenvalue weighted by Gasteiger charge is 2.31. The van der Waals surface area contributed by atoms with Gasteiger partial charge in [0.1, 0.15) is 11.5 Å². The molecule has 0 N–H and O–H groups in total. The van der Waals surface area contributed by atoms with Crippen LogP contribution < -0.4 is 4.74 Å². The molecule has 6 nitrogen and oxygen atoms in total. The van der Waals surface area contributed by atoms with Crippen LogP contribution in [0.3, 0.4) is 0 Å². The minimum Gasteiger partial charge on any atom is -0.456 e. The van der Waals surface area contributed by atoms with Gasteiger partial charge in [-0.05, 0) is 35.9 Å². The van der Waals surface area contributed by atoms with Crippen LogP contribution in [0.5, 0.6) is 11.5 Å². The number of esters is 1. The van der Waals surface area contributed by atoms with Gasteiger partial charge in [-0.25, -0.2) is 0 Å². The first-order chi connectivity index (χ1) is 13.2. The van der Waals surface area contributed by atoms with E-state index in [0.717, 1.165) is 25.1 Å². The fraction of sp³-hybridized carbons (Fsp3) is 0.278. The summed E-state index contributed by atoms with van der Waals surface area (Å²) in [5.74, 6) is -0.486. The summed E-state index contributed by atoms with van der Waals surface area (Å²) in [7, 11) is 1.24. The minimum atomic E-state index is -4.53. The average Bonchev–Trinajstić information content (AvgIpc) is 2.62. The largest absolute Gasteiger partial charge is 0.456 e. The summed E-state index contributed by atoms with van der Waals surface area (Å²) in [5.41, 5.74) is -0.600. The second kappa shape index (κ2) is 9.03. The lowest BCUT2D eigenvalue weighted by atomic mass is 10.1. The normalized spacial score (nSPS) is 13.5. The van der Waals surface area contributed by atoms with Gasteiger partial charge in [-0.1, -0.05) is 28.9 Å². The first-order valence-electron chi connectivity index (χ1n) is 7.82. The maximum absolute atomic E-state index is 12.7. The number of alkyl halides is 3. The van der Waals surface area contributed by atoms with Crippen molar-refractivity contribution in [3.63, 3.8) is 0 Å². The van der Waals surface area contributed by atoms with Crippen LogP contribution in [0, 0.1) is 4.91 Å². The van der Waals surface area contributed by atoms with E-state index in [0.29, 0.717) is 5.56 Å². The fourth-order valence-electron chi connectivity index (χ4n) is 2.32. The summed E-state index contributed by atoms with van der Waals surface area (Å²) in [5, 5.41) is 2.69. The topological polar surface area (TPSA) is 74.2 Å². The van der Waals surface area contributed by atoms with Crippen molar-refractivity contribution < 1.29 is 32.2 Å². The predicted molar refractivity (Wildman–Crippen MR) is 94.1 cm³/mol. The van der Waals surface area contributed by atoms with Crippen molar-refractivity contribution in [1.82, 2.24) is 0 Å². The zero-order valence-electron chi connectivity index (χ0n) is 14.7. The Morgan fingerprint density at radius 2 is 1.89 bits per heavy atom. The second-order valence-corrected chi connectivity index (χ2v) is 5.99. The van der Waals surface area contributed by atoms with E-state index in [2.05, 4.69) is 5.18 Å². The number of carbonyl (C=O) groups excluding carboxylic acids is 1. The number of benzene rings is 2. The molecule has 0 aliphatic carbocycles. The zero-order chi connectivity index (χ0) is 20.9. The standard InChI is InChI=1S/C18H15ClF3NO5/c1-10(24)27-17(26-2)16(23-25)11-4-3-5-13(8-11)28-15-7-6-12(9-14(15)19)18(20,21)22/h3-9,16-17H,1-2H3. The van der Waals surface area contributed by atoms with Gasteiger partial charge >= 0.3 is 12.1 Å². The van der Waals surface area contributed by atoms with E-state index in [9.17, 15) is 22.9 Å². The summed E-state index contributed by atoms with van der Waals surface area (Å²) in [4.78, 5) is 22.4. The smallest absolute Gasteiger partial charge is 0.416 e. The van der Waals surface area contributed by atoms with Gasteiger partial charge in [-0.15, -0.1) is 4.91 Å². The van der Waals surface area contributed by atoms with Gasteiger partial charge in [0.25, 0.3) is 0 Å². The first-order valence-corrected chi connectivity index (χ1v) is 8.20. The highest BCUT2D eigenvalue weighted by atomic mass is 35.5. The quantitative estimate of drug-likeness (QED) is 0.338. The third kappa shape index (κ3) is 5.43. The molecule has 0 radical (unpaired) electrons. The molecule has 28 heavy (non-hydrogen) atoms. The first kappa shape index (κ1) is 21.6. The van der Waals surface area contributed by atoms with Crippen LogP contribution in [0.25, 0.3) is 0 Å². The molecule has 0 aromatic heterocycles. The molecule has 0 spiro atoms. The Kier molecular flexibility index (Phi) is 6.98. The fourth-order valence-corrected chi connectivity index (χ4v) is 2.54. The van der Waals surface area contributed by atoms with Gasteiger partial charge < -0.3 is 14.2 Å². The van der Waals surface area contributed by atoms with Gasteiger partial charge in [0, 0.05) is 14.0 Å². The molecule has 0 saturated carbocycles. The molecule has 2 aromatic rings. The number of methoxy groups -OCH3 is 1. The van der Waals surface area contributed by atoms with Crippen LogP contribution in [-0.2, 0) is 20.4 Å². The highest BCUT2D eigenvalue weighted by Crippen LogP contribution is 2.37. The molecule has 2 aromatic carbocycles. The Labute approximate surface area is 163 Å². The minimum absolute atomic E-state index is 0.00861. The lowest BCUT2D eigenvalue weighted by molar-refractivity contribution is -0.175. The molecule has 0 bridgehead atoms. The lowest BCUT2D eigenvalue weighted by Gasteiger charge is -2.20. The molecule has 0 aliphatic rings. The van der Waals surface area contributed by atoms with Crippen LogP contribution in [0.4, 0.5) is 13.2 Å². The molecule has 0 saturated heterocycles. The molecule has 2 rings (SSSR count). The number of carbonyl (C=O) groups is 1. The molecular weight excluding hydrogens is 403 g/mol. The number of rotatable bonds is 7. The predicted octanol–water partition coefficient (Wildman–Crippen LogP) is 5.49. The molecule has 150 valence electrons. The van der Waals surface area contributed by atoms with E-state index in [1.807, 2.05) is 0 Å². The van der Waals surface area contributed by atoms with Gasteiger partial charge in [0.2, 0.25) is 6.29 Å². The number of hydrogen-bond donors (Lipinski definition) is 0. The second-order valence-electron chi connectivity index (χ2n) is 5.58. The van der Waals surface area contributed by atoms with Crippen molar-refractivity contribution in [3.05, 3.63) is 63.5 Å². The highest BCUT2D eigenvalue weighted by molar-refractivity contribution is 6.32. The van der Waals surface area contributed by atoms with Crippen molar-refractivity contribution in [1.29, 1.82) is 0 Å². The molecule has 0 fully saturated rings. The van der Waals surface area contributed by atoms with Crippen LogP contribution in [0.15, 0.2) is 47.6 Å². The van der Waals surface area contributed by atoms with Crippen LogP contribution in [-0.4, -0.2) is 19.4 Å². The lowest BCUT2D eigenvalue weighted by Crippen LogP contribution is -2.25. The number of nitrogens with zero attached hydrogens (tertiary/aromatic N) is 1. The van der Waals surface area contributed by atoms with Gasteiger partial charge in [0.05, 0.1) is 10.6 Å². The van der Waals surface area contributed by atoms with Gasteiger partial charge in [-0.3, -0.25) is 4.79 Å². The van der Waals surface area contributed by atoms with E-state index in [1.54, 1.807) is 0 Å². The third-order valence-electron chi connectivity index (χ3n) is 3.57. The maximum Gasteiger partial charge on any atom is 0.416 e. The summed E-state index contributed by atoms with van der Waals surface area (Å²) in [6.07, 6.45) is -5.78. The molecular formula is C18H15ClF3NO5. The molecule has 2 unspecified atom stereocenters. The van der Waals surface area contributed by atoms with E-state index >= 15 is 0 Å². The average molecular weight is 418 g/mol. The van der Waals surface area contributed by atoms with Crippen molar-refractivity contribution in [2.24, 2.45) is 5.18 Å². The Morgan fingerprint density at radius 3 is 2.43 bits per heavy atom. The van der Waals surface area contributed by atoms with E-state index in [4.69, 9.17) is 25.8 Å². The summed E-state index contributed by atoms with van der Waals surface area (Å²) < 4.78 is 53.6.